The molecule has 0 radical (unpaired) electrons. The Balaban J connectivity index is 1.63. The van der Waals surface area contributed by atoms with Gasteiger partial charge in [0.2, 0.25) is 0 Å². The van der Waals surface area contributed by atoms with E-state index in [1.54, 1.807) is 6.07 Å². The van der Waals surface area contributed by atoms with E-state index in [2.05, 4.69) is 4.90 Å². The standard InChI is InChI=1S/C20H20ClFN2O3/c21-15-2-1-3-17(12-15)23-8-10-24(11-9-23)18(20(26)27)13-19(25)14-4-6-16(22)7-5-14/h1-7,12,18H,8-11,13H2,(H,26,27)/t18-/m1/s1. The van der Waals surface area contributed by atoms with Crippen LogP contribution in [0.4, 0.5) is 10.1 Å². The van der Waals surface area contributed by atoms with E-state index in [9.17, 15) is 19.1 Å². The molecule has 1 fully saturated rings. The number of rotatable bonds is 6. The predicted molar refractivity (Wildman–Crippen MR) is 98.5 cm³/mol. The normalized spacial score (nSPS) is 16.1. The molecule has 0 aliphatic carbocycles. The molecule has 1 atom stereocenters. The fourth-order valence-corrected chi connectivity index (χ4v) is 3.59. The Kier molecular flexibility index (Phi) is 6.08. The first-order valence-corrected chi connectivity index (χ1v) is 9.16. The van der Waals surface area contributed by atoms with Crippen LogP contribution in [-0.4, -0.2) is 44.0 Å². The van der Waals surface area contributed by atoms with Crippen molar-refractivity contribution in [1.29, 1.82) is 0 Å². The number of carboxylic acids is 1. The van der Waals surface area contributed by atoms with Crippen LogP contribution >= 0.6 is 11.6 Å². The number of nitrogens with one attached hydrogen (secondary N) is 1. The maximum atomic E-state index is 13.0. The molecule has 7 heteroatoms. The lowest BCUT2D eigenvalue weighted by Gasteiger charge is -2.37. The highest BCUT2D eigenvalue weighted by Crippen LogP contribution is 2.19. The van der Waals surface area contributed by atoms with E-state index < -0.39 is 17.8 Å². The summed E-state index contributed by atoms with van der Waals surface area (Å²) in [7, 11) is 0. The van der Waals surface area contributed by atoms with Crippen LogP contribution < -0.4 is 14.9 Å². The highest BCUT2D eigenvalue weighted by atomic mass is 35.5. The summed E-state index contributed by atoms with van der Waals surface area (Å²) < 4.78 is 13.0. The van der Waals surface area contributed by atoms with E-state index in [0.29, 0.717) is 36.8 Å². The topological polar surface area (TPSA) is 64.9 Å². The highest BCUT2D eigenvalue weighted by molar-refractivity contribution is 6.30. The van der Waals surface area contributed by atoms with Crippen LogP contribution in [0, 0.1) is 5.82 Å². The van der Waals surface area contributed by atoms with Gasteiger partial charge in [-0.05, 0) is 42.5 Å². The van der Waals surface area contributed by atoms with Gasteiger partial charge in [-0.3, -0.25) is 4.79 Å². The third-order valence-electron chi connectivity index (χ3n) is 4.91. The number of halogens is 2. The number of anilines is 1. The van der Waals surface area contributed by atoms with Gasteiger partial charge in [-0.15, -0.1) is 0 Å². The van der Waals surface area contributed by atoms with E-state index in [1.807, 2.05) is 18.2 Å². The summed E-state index contributed by atoms with van der Waals surface area (Å²) in [6.45, 7) is 2.46. The number of piperazine rings is 1. The number of aliphatic carboxylic acids is 1. The minimum Gasteiger partial charge on any atom is -0.544 e. The van der Waals surface area contributed by atoms with Crippen molar-refractivity contribution in [2.24, 2.45) is 0 Å². The van der Waals surface area contributed by atoms with Crippen LogP contribution in [0.15, 0.2) is 48.5 Å². The lowest BCUT2D eigenvalue weighted by atomic mass is 10.0. The van der Waals surface area contributed by atoms with Crippen molar-refractivity contribution in [2.45, 2.75) is 12.5 Å². The summed E-state index contributed by atoms with van der Waals surface area (Å²) in [5.74, 6) is -2.00. The summed E-state index contributed by atoms with van der Waals surface area (Å²) in [6.07, 6.45) is -0.166. The minimum atomic E-state index is -1.24. The van der Waals surface area contributed by atoms with Crippen LogP contribution in [-0.2, 0) is 4.79 Å². The summed E-state index contributed by atoms with van der Waals surface area (Å²) in [4.78, 5) is 27.0. The molecule has 1 aliphatic heterocycles. The molecule has 0 amide bonds. The number of carbonyl (C=O) groups excluding carboxylic acids is 2. The third-order valence-corrected chi connectivity index (χ3v) is 5.15. The Morgan fingerprint density at radius 1 is 1.15 bits per heavy atom. The van der Waals surface area contributed by atoms with Gasteiger partial charge >= 0.3 is 0 Å². The van der Waals surface area contributed by atoms with Gasteiger partial charge in [0.1, 0.15) is 11.9 Å². The first-order valence-electron chi connectivity index (χ1n) is 8.79. The first kappa shape index (κ1) is 19.3. The molecule has 0 unspecified atom stereocenters. The largest absolute Gasteiger partial charge is 0.544 e. The lowest BCUT2D eigenvalue weighted by Crippen LogP contribution is -3.19. The Hall–Kier alpha value is -2.44. The summed E-state index contributed by atoms with van der Waals surface area (Å²) >= 11 is 6.03. The van der Waals surface area contributed by atoms with Crippen molar-refractivity contribution < 1.29 is 24.0 Å². The Bertz CT molecular complexity index is 820. The number of hydrogen-bond acceptors (Lipinski definition) is 4. The Morgan fingerprint density at radius 2 is 1.81 bits per heavy atom. The fraction of sp³-hybridized carbons (Fsp3) is 0.300. The van der Waals surface area contributed by atoms with Gasteiger partial charge in [0.05, 0.1) is 38.6 Å². The lowest BCUT2D eigenvalue weighted by molar-refractivity contribution is -0.918. The number of hydrogen-bond donors (Lipinski definition) is 1. The van der Waals surface area contributed by atoms with E-state index in [0.717, 1.165) is 10.6 Å². The van der Waals surface area contributed by atoms with E-state index >= 15 is 0 Å². The van der Waals surface area contributed by atoms with Crippen LogP contribution in [0.1, 0.15) is 16.8 Å². The van der Waals surface area contributed by atoms with E-state index in [-0.39, 0.29) is 12.2 Å². The molecule has 27 heavy (non-hydrogen) atoms. The SMILES string of the molecule is O=C(C[C@H](C(=O)[O-])[NH+]1CCN(c2cccc(Cl)c2)CC1)c1ccc(F)cc1. The molecule has 1 saturated heterocycles. The van der Waals surface area contributed by atoms with Crippen molar-refractivity contribution in [3.63, 3.8) is 0 Å². The molecule has 1 N–H and O–H groups in total. The van der Waals surface area contributed by atoms with E-state index in [1.165, 1.54) is 24.3 Å². The van der Waals surface area contributed by atoms with E-state index in [4.69, 9.17) is 11.6 Å². The monoisotopic (exact) mass is 390 g/mol. The number of benzene rings is 2. The average Bonchev–Trinajstić information content (AvgIpc) is 2.66. The molecule has 142 valence electrons. The number of quaternary nitrogens is 1. The maximum absolute atomic E-state index is 13.0. The quantitative estimate of drug-likeness (QED) is 0.733. The average molecular weight is 391 g/mol. The van der Waals surface area contributed by atoms with Crippen LogP contribution in [0.3, 0.4) is 0 Å². The molecule has 0 bridgehead atoms. The molecule has 0 aromatic heterocycles. The Labute approximate surface area is 162 Å². The van der Waals surface area contributed by atoms with Gasteiger partial charge in [0, 0.05) is 16.3 Å². The van der Waals surface area contributed by atoms with Crippen molar-refractivity contribution in [2.75, 3.05) is 31.1 Å². The molecule has 1 aliphatic rings. The maximum Gasteiger partial charge on any atom is 0.169 e. The molecular weight excluding hydrogens is 371 g/mol. The predicted octanol–water partition coefficient (Wildman–Crippen LogP) is 0.576. The molecule has 0 saturated carbocycles. The Morgan fingerprint density at radius 3 is 2.41 bits per heavy atom. The smallest absolute Gasteiger partial charge is 0.169 e. The minimum absolute atomic E-state index is 0.166. The molecular formula is C20H20ClFN2O3. The molecule has 2 aromatic rings. The van der Waals surface area contributed by atoms with Crippen molar-refractivity contribution in [3.8, 4) is 0 Å². The van der Waals surface area contributed by atoms with Gasteiger partial charge in [0.15, 0.2) is 5.78 Å². The van der Waals surface area contributed by atoms with Crippen molar-refractivity contribution in [1.82, 2.24) is 0 Å². The number of Topliss-reactive ketones (excluding diaryl/α,β-unsaturated/α-hetero) is 1. The van der Waals surface area contributed by atoms with Gasteiger partial charge in [-0.2, -0.15) is 0 Å². The first-order chi connectivity index (χ1) is 12.9. The molecule has 5 nitrogen and oxygen atoms in total. The van der Waals surface area contributed by atoms with Crippen molar-refractivity contribution >= 4 is 29.0 Å². The number of carboxylic acid groups (broad SMARTS) is 1. The van der Waals surface area contributed by atoms with Gasteiger partial charge in [-0.25, -0.2) is 4.39 Å². The zero-order valence-corrected chi connectivity index (χ0v) is 15.4. The van der Waals surface area contributed by atoms with Crippen LogP contribution in [0.5, 0.6) is 0 Å². The number of carbonyl (C=O) groups is 2. The highest BCUT2D eigenvalue weighted by Gasteiger charge is 2.30. The number of nitrogens with zero attached hydrogens (tertiary/aromatic N) is 1. The second kappa shape index (κ2) is 8.50. The van der Waals surface area contributed by atoms with Crippen LogP contribution in [0.2, 0.25) is 5.02 Å². The number of ketones is 1. The van der Waals surface area contributed by atoms with Crippen LogP contribution in [0.25, 0.3) is 0 Å². The second-order valence-corrected chi connectivity index (χ2v) is 7.07. The zero-order chi connectivity index (χ0) is 19.4. The summed E-state index contributed by atoms with van der Waals surface area (Å²) in [5.41, 5.74) is 1.30. The van der Waals surface area contributed by atoms with Gasteiger partial charge in [0.25, 0.3) is 0 Å². The fourth-order valence-electron chi connectivity index (χ4n) is 3.41. The van der Waals surface area contributed by atoms with Gasteiger partial charge < -0.3 is 19.7 Å². The third kappa shape index (κ3) is 4.84. The summed E-state index contributed by atoms with van der Waals surface area (Å²) in [5, 5.41) is 12.3. The summed E-state index contributed by atoms with van der Waals surface area (Å²) in [6, 6.07) is 11.7. The zero-order valence-electron chi connectivity index (χ0n) is 14.7. The van der Waals surface area contributed by atoms with Crippen molar-refractivity contribution in [3.05, 3.63) is 64.9 Å². The second-order valence-electron chi connectivity index (χ2n) is 6.63. The molecule has 0 spiro atoms. The molecule has 3 rings (SSSR count). The van der Waals surface area contributed by atoms with Gasteiger partial charge in [-0.1, -0.05) is 17.7 Å². The molecule has 2 aromatic carbocycles. The molecule has 1 heterocycles.